The number of carbonyl (C=O) groups excluding carboxylic acids is 2. The average molecular weight is 558 g/mol. The zero-order valence-electron chi connectivity index (χ0n) is 23.8. The van der Waals surface area contributed by atoms with E-state index in [1.165, 1.54) is 20.1 Å². The van der Waals surface area contributed by atoms with Crippen LogP contribution in [0.25, 0.3) is 0 Å². The van der Waals surface area contributed by atoms with Crippen LogP contribution in [0.15, 0.2) is 35.3 Å². The van der Waals surface area contributed by atoms with E-state index in [2.05, 4.69) is 0 Å². The van der Waals surface area contributed by atoms with E-state index < -0.39 is 65.5 Å². The number of ketones is 1. The lowest BCUT2D eigenvalue weighted by atomic mass is 9.72. The molecule has 220 valence electrons. The number of Topliss-reactive ketones (excluding diaryl/α,β-unsaturated/α-hetero) is 1. The number of carbonyl (C=O) groups is 2. The molecule has 0 amide bonds. The van der Waals surface area contributed by atoms with Gasteiger partial charge in [0.1, 0.15) is 18.1 Å². The molecule has 0 aromatic heterocycles. The number of fused-ring (bicyclic) bond motifs is 1. The summed E-state index contributed by atoms with van der Waals surface area (Å²) in [5.41, 5.74) is -0.861. The fraction of sp³-hybridized carbons (Fsp3) is 0.724. The van der Waals surface area contributed by atoms with Crippen molar-refractivity contribution in [2.75, 3.05) is 7.05 Å². The van der Waals surface area contributed by atoms with Gasteiger partial charge in [-0.05, 0) is 56.1 Å². The van der Waals surface area contributed by atoms with Gasteiger partial charge < -0.3 is 24.6 Å². The van der Waals surface area contributed by atoms with Crippen LogP contribution in [0.1, 0.15) is 67.2 Å². The minimum Gasteiger partial charge on any atom is -0.476 e. The Hall–Kier alpha value is -2.33. The monoisotopic (exact) mass is 557 g/mol. The predicted octanol–water partition coefficient (Wildman–Crippen LogP) is 4.89. The van der Waals surface area contributed by atoms with E-state index in [9.17, 15) is 33.0 Å². The molecule has 1 aliphatic carbocycles. The number of hydrogen-bond donors (Lipinski definition) is 2. The van der Waals surface area contributed by atoms with Gasteiger partial charge in [0.05, 0.1) is 29.7 Å². The number of ether oxygens (including phenoxy) is 2. The molecule has 2 N–H and O–H groups in total. The number of alkyl halides is 3. The first-order valence-corrected chi connectivity index (χ1v) is 13.6. The van der Waals surface area contributed by atoms with Crippen LogP contribution < -0.4 is 0 Å². The van der Waals surface area contributed by atoms with Crippen molar-refractivity contribution in [1.29, 1.82) is 0 Å². The maximum absolute atomic E-state index is 14.0. The highest BCUT2D eigenvalue weighted by atomic mass is 19.4. The minimum absolute atomic E-state index is 0.149. The van der Waals surface area contributed by atoms with Crippen LogP contribution in [-0.2, 0) is 19.1 Å². The molecule has 0 aromatic carbocycles. The van der Waals surface area contributed by atoms with E-state index in [0.717, 1.165) is 6.08 Å². The van der Waals surface area contributed by atoms with Gasteiger partial charge in [-0.2, -0.15) is 13.2 Å². The molecule has 7 nitrogen and oxygen atoms in total. The minimum atomic E-state index is -4.56. The van der Waals surface area contributed by atoms with Crippen LogP contribution in [0.4, 0.5) is 13.2 Å². The van der Waals surface area contributed by atoms with Crippen LogP contribution in [-0.4, -0.2) is 64.6 Å². The molecular formula is C29H42F3NO6. The van der Waals surface area contributed by atoms with Gasteiger partial charge in [-0.25, -0.2) is 0 Å². The van der Waals surface area contributed by atoms with Gasteiger partial charge in [0.15, 0.2) is 6.23 Å². The molecule has 0 saturated heterocycles. The molecule has 3 rings (SSSR count). The van der Waals surface area contributed by atoms with E-state index in [1.807, 2.05) is 11.8 Å². The number of cyclic esters (lactones) is 1. The Morgan fingerprint density at radius 1 is 1.15 bits per heavy atom. The highest BCUT2D eigenvalue weighted by molar-refractivity contribution is 5.88. The van der Waals surface area contributed by atoms with Gasteiger partial charge in [0, 0.05) is 25.0 Å². The van der Waals surface area contributed by atoms with Crippen molar-refractivity contribution in [3.63, 3.8) is 0 Å². The van der Waals surface area contributed by atoms with Gasteiger partial charge >= 0.3 is 12.1 Å². The Bertz CT molecular complexity index is 1030. The Balaban J connectivity index is 1.98. The topological polar surface area (TPSA) is 96.3 Å². The van der Waals surface area contributed by atoms with E-state index in [4.69, 9.17) is 9.47 Å². The number of aliphatic hydroxyl groups excluding tert-OH is 2. The lowest BCUT2D eigenvalue weighted by molar-refractivity contribution is -0.154. The zero-order valence-corrected chi connectivity index (χ0v) is 23.8. The van der Waals surface area contributed by atoms with Crippen LogP contribution in [0.3, 0.4) is 0 Å². The number of halogens is 3. The van der Waals surface area contributed by atoms with Gasteiger partial charge in [0.2, 0.25) is 0 Å². The third kappa shape index (κ3) is 7.06. The first-order chi connectivity index (χ1) is 17.9. The lowest BCUT2D eigenvalue weighted by Gasteiger charge is -2.34. The number of rotatable bonds is 2. The van der Waals surface area contributed by atoms with Crippen LogP contribution in [0.2, 0.25) is 0 Å². The molecule has 0 bridgehead atoms. The lowest BCUT2D eigenvalue weighted by Crippen LogP contribution is -2.46. The maximum Gasteiger partial charge on any atom is 0.412 e. The van der Waals surface area contributed by atoms with Gasteiger partial charge in [-0.3, -0.25) is 9.59 Å². The van der Waals surface area contributed by atoms with Crippen molar-refractivity contribution >= 4 is 11.8 Å². The summed E-state index contributed by atoms with van der Waals surface area (Å²) in [6.45, 7) is 9.86. The first kappa shape index (κ1) is 31.2. The highest BCUT2D eigenvalue weighted by Gasteiger charge is 2.50. The molecule has 2 aliphatic heterocycles. The third-order valence-corrected chi connectivity index (χ3v) is 8.87. The third-order valence-electron chi connectivity index (χ3n) is 8.87. The number of likely N-dealkylation sites (N-methyl/N-ethyl adjacent to an activating group) is 1. The molecule has 2 heterocycles. The summed E-state index contributed by atoms with van der Waals surface area (Å²) in [6.07, 6.45) is -4.38. The number of aliphatic hydroxyl groups is 2. The molecule has 10 heteroatoms. The molecule has 8 atom stereocenters. The summed E-state index contributed by atoms with van der Waals surface area (Å²) in [7, 11) is 1.81. The summed E-state index contributed by atoms with van der Waals surface area (Å²) in [4.78, 5) is 28.1. The second-order valence-electron chi connectivity index (χ2n) is 12.0. The SMILES string of the molecule is C/C(=C\C1=COC(C)N1C)[C@@H]1C/C=C(/C(F)(F)F)CC2CC2[C@H](C)[C@H](O)[C@@H](C)C(=O)C(C)(C)[C@@H](O)CC(=O)O1. The smallest absolute Gasteiger partial charge is 0.412 e. The molecule has 3 aliphatic rings. The van der Waals surface area contributed by atoms with Crippen molar-refractivity contribution in [1.82, 2.24) is 4.90 Å². The van der Waals surface area contributed by atoms with Gasteiger partial charge in [0.25, 0.3) is 0 Å². The fourth-order valence-corrected chi connectivity index (χ4v) is 5.57. The Labute approximate surface area is 228 Å². The zero-order chi connectivity index (χ0) is 29.4. The number of hydrogen-bond acceptors (Lipinski definition) is 7. The van der Waals surface area contributed by atoms with E-state index in [1.54, 1.807) is 33.9 Å². The van der Waals surface area contributed by atoms with Crippen molar-refractivity contribution in [3.8, 4) is 0 Å². The quantitative estimate of drug-likeness (QED) is 0.369. The fourth-order valence-electron chi connectivity index (χ4n) is 5.57. The molecular weight excluding hydrogens is 515 g/mol. The van der Waals surface area contributed by atoms with Crippen LogP contribution in [0.5, 0.6) is 0 Å². The van der Waals surface area contributed by atoms with E-state index in [-0.39, 0.29) is 30.9 Å². The van der Waals surface area contributed by atoms with Gasteiger partial charge in [-0.15, -0.1) is 0 Å². The number of allylic oxidation sites excluding steroid dienone is 2. The summed E-state index contributed by atoms with van der Waals surface area (Å²) in [5.74, 6) is -2.94. The van der Waals surface area contributed by atoms with Crippen LogP contribution in [0, 0.1) is 29.1 Å². The summed E-state index contributed by atoms with van der Waals surface area (Å²) in [5, 5.41) is 21.8. The van der Waals surface area contributed by atoms with E-state index >= 15 is 0 Å². The standard InChI is InChI=1S/C29H42F3NO6/c1-15(10-21-14-38-18(4)33(21)7)23-9-8-20(29(30,31)32)11-19-12-22(19)16(2)26(36)17(3)27(37)28(5,6)24(34)13-25(35)39-23/h8,10,14,16-19,22-24,26,34,36H,9,11-13H2,1-7H3/b15-10+,20-8+/t16-,17+,18?,19?,22?,23-,24-,26-/m0/s1. The number of nitrogens with zero attached hydrogens (tertiary/aromatic N) is 1. The second kappa shape index (κ2) is 11.6. The first-order valence-electron chi connectivity index (χ1n) is 13.6. The average Bonchev–Trinajstić information content (AvgIpc) is 3.56. The molecule has 1 saturated carbocycles. The van der Waals surface area contributed by atoms with Crippen molar-refractivity contribution in [2.24, 2.45) is 29.1 Å². The van der Waals surface area contributed by atoms with E-state index in [0.29, 0.717) is 17.7 Å². The predicted molar refractivity (Wildman–Crippen MR) is 139 cm³/mol. The van der Waals surface area contributed by atoms with Gasteiger partial charge in [-0.1, -0.05) is 33.8 Å². The van der Waals surface area contributed by atoms with Crippen molar-refractivity contribution in [3.05, 3.63) is 35.3 Å². The van der Waals surface area contributed by atoms with Crippen LogP contribution >= 0.6 is 0 Å². The molecule has 39 heavy (non-hydrogen) atoms. The Morgan fingerprint density at radius 3 is 2.36 bits per heavy atom. The second-order valence-corrected chi connectivity index (χ2v) is 12.0. The van der Waals surface area contributed by atoms with Crippen molar-refractivity contribution < 1.29 is 42.4 Å². The Kier molecular flexibility index (Phi) is 9.32. The molecule has 1 fully saturated rings. The summed E-state index contributed by atoms with van der Waals surface area (Å²) in [6, 6.07) is 0. The molecule has 0 radical (unpaired) electrons. The normalized spacial score (nSPS) is 38.3. The molecule has 0 aromatic rings. The Morgan fingerprint density at radius 2 is 1.79 bits per heavy atom. The highest BCUT2D eigenvalue weighted by Crippen LogP contribution is 2.52. The largest absolute Gasteiger partial charge is 0.476 e. The molecule has 0 spiro atoms. The maximum atomic E-state index is 14.0. The summed E-state index contributed by atoms with van der Waals surface area (Å²) < 4.78 is 53.2. The molecule has 3 unspecified atom stereocenters. The summed E-state index contributed by atoms with van der Waals surface area (Å²) >= 11 is 0. The van der Waals surface area contributed by atoms with Crippen molar-refractivity contribution in [2.45, 2.75) is 97.9 Å². The number of esters is 1.